The number of sulfone groups is 1. The van der Waals surface area contributed by atoms with Crippen LogP contribution in [-0.2, 0) is 9.84 Å². The van der Waals surface area contributed by atoms with Crippen molar-refractivity contribution in [2.45, 2.75) is 37.0 Å². The molecule has 0 spiro atoms. The third-order valence-electron chi connectivity index (χ3n) is 3.34. The van der Waals surface area contributed by atoms with Crippen LogP contribution in [0, 0.1) is 0 Å². The van der Waals surface area contributed by atoms with Crippen LogP contribution in [0.5, 0.6) is 0 Å². The van der Waals surface area contributed by atoms with Gasteiger partial charge in [0.2, 0.25) is 5.78 Å². The summed E-state index contributed by atoms with van der Waals surface area (Å²) in [5, 5.41) is 0. The van der Waals surface area contributed by atoms with Crippen molar-refractivity contribution in [2.24, 2.45) is 0 Å². The molecule has 0 amide bonds. The topological polar surface area (TPSA) is 77.2 Å². The lowest BCUT2D eigenvalue weighted by atomic mass is 10.1. The summed E-state index contributed by atoms with van der Waals surface area (Å²) in [7, 11) is -3.19. The van der Waals surface area contributed by atoms with Gasteiger partial charge in [0.1, 0.15) is 6.26 Å². The zero-order chi connectivity index (χ0) is 15.8. The van der Waals surface area contributed by atoms with Crippen LogP contribution in [0.2, 0.25) is 0 Å². The van der Waals surface area contributed by atoms with Crippen LogP contribution in [0.15, 0.2) is 52.1 Å². The summed E-state index contributed by atoms with van der Waals surface area (Å²) in [5.74, 6) is 0.179. The molecular formula is C16H19NO4S. The number of rotatable bonds is 9. The Bertz CT molecular complexity index is 678. The summed E-state index contributed by atoms with van der Waals surface area (Å²) in [6, 6.07) is 8.47. The lowest BCUT2D eigenvalue weighted by Crippen LogP contribution is -2.06. The van der Waals surface area contributed by atoms with Gasteiger partial charge in [-0.05, 0) is 25.0 Å². The second kappa shape index (κ2) is 7.89. The molecule has 2 rings (SSSR count). The Morgan fingerprint density at radius 2 is 1.77 bits per heavy atom. The molecule has 0 bridgehead atoms. The molecule has 0 aliphatic heterocycles. The van der Waals surface area contributed by atoms with Crippen molar-refractivity contribution >= 4 is 15.6 Å². The first-order valence-corrected chi connectivity index (χ1v) is 8.95. The molecule has 118 valence electrons. The molecule has 0 radical (unpaired) electrons. The first-order chi connectivity index (χ1) is 10.6. The minimum atomic E-state index is -3.19. The highest BCUT2D eigenvalue weighted by Gasteiger charge is 2.13. The molecule has 0 aliphatic rings. The van der Waals surface area contributed by atoms with E-state index in [9.17, 15) is 13.2 Å². The monoisotopic (exact) mass is 321 g/mol. The molecule has 22 heavy (non-hydrogen) atoms. The minimum Gasteiger partial charge on any atom is -0.442 e. The predicted octanol–water partition coefficient (Wildman–Crippen LogP) is 3.28. The van der Waals surface area contributed by atoms with Crippen LogP contribution in [0.25, 0.3) is 0 Å². The third kappa shape index (κ3) is 4.80. The molecule has 1 aromatic heterocycles. The van der Waals surface area contributed by atoms with Crippen LogP contribution in [0.3, 0.4) is 0 Å². The summed E-state index contributed by atoms with van der Waals surface area (Å²) in [4.78, 5) is 15.8. The van der Waals surface area contributed by atoms with Gasteiger partial charge in [-0.25, -0.2) is 13.4 Å². The van der Waals surface area contributed by atoms with Crippen molar-refractivity contribution in [1.29, 1.82) is 0 Å². The van der Waals surface area contributed by atoms with E-state index in [0.717, 1.165) is 12.8 Å². The number of Topliss-reactive ketones (excluding diaryl/α,β-unsaturated/α-hetero) is 1. The molecule has 0 unspecified atom stereocenters. The highest BCUT2D eigenvalue weighted by atomic mass is 32.2. The number of unbranched alkanes of at least 4 members (excludes halogenated alkanes) is 3. The SMILES string of the molecule is O=C(CCCCCCS(=O)(=O)c1ccccc1)c1ncco1. The molecule has 5 nitrogen and oxygen atoms in total. The van der Waals surface area contributed by atoms with E-state index in [4.69, 9.17) is 4.42 Å². The number of hydrogen-bond donors (Lipinski definition) is 0. The van der Waals surface area contributed by atoms with Crippen molar-refractivity contribution in [1.82, 2.24) is 4.98 Å². The van der Waals surface area contributed by atoms with E-state index in [1.165, 1.54) is 12.5 Å². The molecule has 0 N–H and O–H groups in total. The van der Waals surface area contributed by atoms with Gasteiger partial charge in [0.05, 0.1) is 16.8 Å². The Labute approximate surface area is 130 Å². The number of carbonyl (C=O) groups excluding carboxylic acids is 1. The first-order valence-electron chi connectivity index (χ1n) is 7.30. The average Bonchev–Trinajstić information content (AvgIpc) is 3.06. The highest BCUT2D eigenvalue weighted by Crippen LogP contribution is 2.14. The van der Waals surface area contributed by atoms with Gasteiger partial charge in [0, 0.05) is 6.42 Å². The minimum absolute atomic E-state index is 0.109. The quantitative estimate of drug-likeness (QED) is 0.523. The van der Waals surface area contributed by atoms with Crippen molar-refractivity contribution in [3.8, 4) is 0 Å². The Hall–Kier alpha value is -1.95. The van der Waals surface area contributed by atoms with E-state index >= 15 is 0 Å². The molecule has 2 aromatic rings. The molecular weight excluding hydrogens is 302 g/mol. The number of aromatic nitrogens is 1. The Morgan fingerprint density at radius 1 is 1.05 bits per heavy atom. The average molecular weight is 321 g/mol. The van der Waals surface area contributed by atoms with Crippen molar-refractivity contribution in [2.75, 3.05) is 5.75 Å². The smallest absolute Gasteiger partial charge is 0.263 e. The van der Waals surface area contributed by atoms with Gasteiger partial charge < -0.3 is 4.42 Å². The Kier molecular flexibility index (Phi) is 5.89. The van der Waals surface area contributed by atoms with Crippen molar-refractivity contribution in [3.05, 3.63) is 48.7 Å². The lowest BCUT2D eigenvalue weighted by molar-refractivity contribution is 0.0945. The molecule has 1 aromatic carbocycles. The first kappa shape index (κ1) is 16.4. The van der Waals surface area contributed by atoms with Gasteiger partial charge in [0.15, 0.2) is 9.84 Å². The standard InChI is InChI=1S/C16H19NO4S/c18-15(16-17-11-12-21-16)10-6-1-2-7-13-22(19,20)14-8-4-3-5-9-14/h3-5,8-9,11-12H,1-2,6-7,10,13H2. The van der Waals surface area contributed by atoms with Gasteiger partial charge >= 0.3 is 0 Å². The number of oxazole rings is 1. The summed E-state index contributed by atoms with van der Waals surface area (Å²) in [5.41, 5.74) is 0. The van der Waals surface area contributed by atoms with Gasteiger partial charge in [0.25, 0.3) is 5.89 Å². The fourth-order valence-electron chi connectivity index (χ4n) is 2.14. The fourth-order valence-corrected chi connectivity index (χ4v) is 3.54. The van der Waals surface area contributed by atoms with Crippen LogP contribution >= 0.6 is 0 Å². The zero-order valence-electron chi connectivity index (χ0n) is 12.3. The normalized spacial score (nSPS) is 11.5. The number of nitrogens with zero attached hydrogens (tertiary/aromatic N) is 1. The summed E-state index contributed by atoms with van der Waals surface area (Å²) in [6.07, 6.45) is 6.12. The molecule has 0 fully saturated rings. The molecule has 6 heteroatoms. The van der Waals surface area contributed by atoms with Crippen LogP contribution in [0.4, 0.5) is 0 Å². The molecule has 0 atom stereocenters. The van der Waals surface area contributed by atoms with Crippen LogP contribution in [-0.4, -0.2) is 24.9 Å². The van der Waals surface area contributed by atoms with Crippen LogP contribution in [0.1, 0.15) is 42.8 Å². The molecule has 1 heterocycles. The maximum Gasteiger partial charge on any atom is 0.263 e. The summed E-state index contributed by atoms with van der Waals surface area (Å²) < 4.78 is 29.0. The maximum atomic E-state index is 12.1. The number of benzene rings is 1. The summed E-state index contributed by atoms with van der Waals surface area (Å²) >= 11 is 0. The van der Waals surface area contributed by atoms with Gasteiger partial charge in [-0.3, -0.25) is 4.79 Å². The van der Waals surface area contributed by atoms with Gasteiger partial charge in [-0.1, -0.05) is 31.0 Å². The number of carbonyl (C=O) groups is 1. The van der Waals surface area contributed by atoms with E-state index in [1.54, 1.807) is 30.3 Å². The van der Waals surface area contributed by atoms with Crippen molar-refractivity contribution in [3.63, 3.8) is 0 Å². The highest BCUT2D eigenvalue weighted by molar-refractivity contribution is 7.91. The second-order valence-corrected chi connectivity index (χ2v) is 7.17. The zero-order valence-corrected chi connectivity index (χ0v) is 13.1. The van der Waals surface area contributed by atoms with Crippen LogP contribution < -0.4 is 0 Å². The van der Waals surface area contributed by atoms with E-state index < -0.39 is 9.84 Å². The third-order valence-corrected chi connectivity index (χ3v) is 5.16. The second-order valence-electron chi connectivity index (χ2n) is 5.06. The summed E-state index contributed by atoms with van der Waals surface area (Å²) in [6.45, 7) is 0. The molecule has 0 aliphatic carbocycles. The fraction of sp³-hybridized carbons (Fsp3) is 0.375. The predicted molar refractivity (Wildman–Crippen MR) is 82.4 cm³/mol. The largest absolute Gasteiger partial charge is 0.442 e. The lowest BCUT2D eigenvalue weighted by Gasteiger charge is -2.04. The Morgan fingerprint density at radius 3 is 2.45 bits per heavy atom. The molecule has 0 saturated heterocycles. The van der Waals surface area contributed by atoms with E-state index in [1.807, 2.05) is 0 Å². The number of ketones is 1. The Balaban J connectivity index is 1.64. The molecule has 0 saturated carbocycles. The number of hydrogen-bond acceptors (Lipinski definition) is 5. The van der Waals surface area contributed by atoms with E-state index in [2.05, 4.69) is 4.98 Å². The van der Waals surface area contributed by atoms with Gasteiger partial charge in [-0.2, -0.15) is 0 Å². The van der Waals surface area contributed by atoms with Crippen molar-refractivity contribution < 1.29 is 17.6 Å². The van der Waals surface area contributed by atoms with Gasteiger partial charge in [-0.15, -0.1) is 0 Å². The van der Waals surface area contributed by atoms with E-state index in [0.29, 0.717) is 24.2 Å². The van der Waals surface area contributed by atoms with E-state index in [-0.39, 0.29) is 17.4 Å². The maximum absolute atomic E-state index is 12.1.